The molecule has 0 aliphatic carbocycles. The summed E-state index contributed by atoms with van der Waals surface area (Å²) >= 11 is 1.70. The highest BCUT2D eigenvalue weighted by atomic mass is 32.2. The zero-order chi connectivity index (χ0) is 13.4. The van der Waals surface area contributed by atoms with Crippen LogP contribution in [0, 0.1) is 0 Å². The number of ether oxygens (including phenoxy) is 1. The molecule has 0 bridgehead atoms. The number of nitrogens with zero attached hydrogens (tertiary/aromatic N) is 2. The van der Waals surface area contributed by atoms with Gasteiger partial charge in [-0.25, -0.2) is 0 Å². The summed E-state index contributed by atoms with van der Waals surface area (Å²) in [5.41, 5.74) is 0. The molecule has 102 valence electrons. The van der Waals surface area contributed by atoms with Gasteiger partial charge in [0.1, 0.15) is 6.04 Å². The summed E-state index contributed by atoms with van der Waals surface area (Å²) in [5, 5.41) is 7.31. The van der Waals surface area contributed by atoms with Crippen LogP contribution >= 0.6 is 11.8 Å². The average Bonchev–Trinajstić information content (AvgIpc) is 2.78. The van der Waals surface area contributed by atoms with Crippen LogP contribution < -0.4 is 5.32 Å². The second-order valence-corrected chi connectivity index (χ2v) is 5.19. The van der Waals surface area contributed by atoms with Crippen LogP contribution in [0.4, 0.5) is 0 Å². The standard InChI is InChI=1S/C12H21N3O2S/c1-4-6-13-11(12(16)17-3)5-7-18-10-8-14-15(2)9-10/h8-9,11,13H,4-7H2,1-3H3. The van der Waals surface area contributed by atoms with Crippen LogP contribution in [0.15, 0.2) is 17.3 Å². The molecule has 0 radical (unpaired) electrons. The number of thioether (sulfide) groups is 1. The smallest absolute Gasteiger partial charge is 0.322 e. The third kappa shape index (κ3) is 5.10. The van der Waals surface area contributed by atoms with Gasteiger partial charge in [-0.2, -0.15) is 5.10 Å². The minimum atomic E-state index is -0.209. The number of carbonyl (C=O) groups is 1. The van der Waals surface area contributed by atoms with Gasteiger partial charge in [-0.1, -0.05) is 6.92 Å². The lowest BCUT2D eigenvalue weighted by molar-refractivity contribution is -0.143. The molecule has 0 aromatic carbocycles. The molecule has 18 heavy (non-hydrogen) atoms. The Morgan fingerprint density at radius 3 is 3.00 bits per heavy atom. The van der Waals surface area contributed by atoms with Gasteiger partial charge in [-0.3, -0.25) is 9.48 Å². The summed E-state index contributed by atoms with van der Waals surface area (Å²) in [5.74, 6) is 0.678. The van der Waals surface area contributed by atoms with Crippen molar-refractivity contribution < 1.29 is 9.53 Å². The molecule has 1 unspecified atom stereocenters. The van der Waals surface area contributed by atoms with Gasteiger partial charge >= 0.3 is 5.97 Å². The molecule has 0 aliphatic rings. The van der Waals surface area contributed by atoms with E-state index in [4.69, 9.17) is 4.74 Å². The number of esters is 1. The summed E-state index contributed by atoms with van der Waals surface area (Å²) < 4.78 is 6.56. The number of aryl methyl sites for hydroxylation is 1. The van der Waals surface area contributed by atoms with Gasteiger partial charge in [0.2, 0.25) is 0 Å². The Morgan fingerprint density at radius 2 is 2.44 bits per heavy atom. The first-order valence-corrected chi connectivity index (χ1v) is 7.08. The molecular formula is C12H21N3O2S. The molecule has 1 atom stereocenters. The number of hydrogen-bond donors (Lipinski definition) is 1. The summed E-state index contributed by atoms with van der Waals surface area (Å²) in [6.45, 7) is 2.91. The minimum absolute atomic E-state index is 0.185. The van der Waals surface area contributed by atoms with Gasteiger partial charge in [-0.05, 0) is 19.4 Å². The van der Waals surface area contributed by atoms with E-state index in [1.54, 1.807) is 16.4 Å². The van der Waals surface area contributed by atoms with Gasteiger partial charge in [-0.15, -0.1) is 11.8 Å². The lowest BCUT2D eigenvalue weighted by atomic mass is 10.2. The third-order valence-corrected chi connectivity index (χ3v) is 3.47. The van der Waals surface area contributed by atoms with E-state index in [1.165, 1.54) is 7.11 Å². The van der Waals surface area contributed by atoms with Crippen molar-refractivity contribution in [2.75, 3.05) is 19.4 Å². The zero-order valence-corrected chi connectivity index (χ0v) is 12.0. The molecule has 0 amide bonds. The predicted octanol–water partition coefficient (Wildman–Crippen LogP) is 1.44. The van der Waals surface area contributed by atoms with E-state index in [0.29, 0.717) is 0 Å². The average molecular weight is 271 g/mol. The first kappa shape index (κ1) is 15.0. The Kier molecular flexibility index (Phi) is 6.82. The van der Waals surface area contributed by atoms with Gasteiger partial charge in [0, 0.05) is 23.9 Å². The number of methoxy groups -OCH3 is 1. The Bertz CT molecular complexity index is 368. The number of hydrogen-bond acceptors (Lipinski definition) is 5. The van der Waals surface area contributed by atoms with Crippen LogP contribution in [0.25, 0.3) is 0 Å². The SMILES string of the molecule is CCCNC(CCSc1cnn(C)c1)C(=O)OC. The Balaban J connectivity index is 2.34. The summed E-state index contributed by atoms with van der Waals surface area (Å²) in [4.78, 5) is 12.7. The molecule has 0 saturated carbocycles. The van der Waals surface area contributed by atoms with E-state index in [-0.39, 0.29) is 12.0 Å². The van der Waals surface area contributed by atoms with Crippen molar-refractivity contribution in [3.8, 4) is 0 Å². The van der Waals surface area contributed by atoms with E-state index in [0.717, 1.165) is 30.0 Å². The van der Waals surface area contributed by atoms with Crippen molar-refractivity contribution in [1.29, 1.82) is 0 Å². The first-order chi connectivity index (χ1) is 8.67. The quantitative estimate of drug-likeness (QED) is 0.573. The monoisotopic (exact) mass is 271 g/mol. The Morgan fingerprint density at radius 1 is 1.67 bits per heavy atom. The van der Waals surface area contributed by atoms with Crippen molar-refractivity contribution in [2.45, 2.75) is 30.7 Å². The molecule has 1 N–H and O–H groups in total. The fraction of sp³-hybridized carbons (Fsp3) is 0.667. The maximum atomic E-state index is 11.6. The van der Waals surface area contributed by atoms with E-state index < -0.39 is 0 Å². The third-order valence-electron chi connectivity index (χ3n) is 2.48. The van der Waals surface area contributed by atoms with Gasteiger partial charge in [0.15, 0.2) is 0 Å². The van der Waals surface area contributed by atoms with Crippen molar-refractivity contribution >= 4 is 17.7 Å². The van der Waals surface area contributed by atoms with Crippen molar-refractivity contribution in [2.24, 2.45) is 7.05 Å². The molecule has 0 spiro atoms. The van der Waals surface area contributed by atoms with E-state index in [9.17, 15) is 4.79 Å². The van der Waals surface area contributed by atoms with E-state index in [1.807, 2.05) is 19.4 Å². The van der Waals surface area contributed by atoms with Crippen molar-refractivity contribution in [3.05, 3.63) is 12.4 Å². The molecule has 0 fully saturated rings. The molecule has 1 aromatic rings. The zero-order valence-electron chi connectivity index (χ0n) is 11.2. The maximum absolute atomic E-state index is 11.6. The highest BCUT2D eigenvalue weighted by Crippen LogP contribution is 2.18. The maximum Gasteiger partial charge on any atom is 0.322 e. The summed E-state index contributed by atoms with van der Waals surface area (Å²) in [7, 11) is 3.32. The Hall–Kier alpha value is -1.01. The molecule has 1 heterocycles. The molecule has 0 saturated heterocycles. The van der Waals surface area contributed by atoms with Crippen LogP contribution in [0.2, 0.25) is 0 Å². The summed E-state index contributed by atoms with van der Waals surface area (Å²) in [6, 6.07) is -0.209. The van der Waals surface area contributed by atoms with Crippen LogP contribution in [0.3, 0.4) is 0 Å². The van der Waals surface area contributed by atoms with Gasteiger partial charge in [0.25, 0.3) is 0 Å². The van der Waals surface area contributed by atoms with E-state index >= 15 is 0 Å². The summed E-state index contributed by atoms with van der Waals surface area (Å²) in [6.07, 6.45) is 5.56. The van der Waals surface area contributed by atoms with Crippen LogP contribution in [-0.4, -0.2) is 41.2 Å². The highest BCUT2D eigenvalue weighted by molar-refractivity contribution is 7.99. The van der Waals surface area contributed by atoms with E-state index in [2.05, 4.69) is 17.3 Å². The normalized spacial score (nSPS) is 12.4. The fourth-order valence-electron chi connectivity index (χ4n) is 1.53. The highest BCUT2D eigenvalue weighted by Gasteiger charge is 2.17. The second-order valence-electron chi connectivity index (χ2n) is 4.02. The molecule has 6 heteroatoms. The molecule has 1 aromatic heterocycles. The molecular weight excluding hydrogens is 250 g/mol. The number of aromatic nitrogens is 2. The first-order valence-electron chi connectivity index (χ1n) is 6.10. The number of carbonyl (C=O) groups excluding carboxylic acids is 1. The lowest BCUT2D eigenvalue weighted by Gasteiger charge is -2.15. The van der Waals surface area contributed by atoms with Crippen molar-refractivity contribution in [3.63, 3.8) is 0 Å². The predicted molar refractivity (Wildman–Crippen MR) is 72.6 cm³/mol. The largest absolute Gasteiger partial charge is 0.468 e. The van der Waals surface area contributed by atoms with Crippen LogP contribution in [-0.2, 0) is 16.6 Å². The fourth-order valence-corrected chi connectivity index (χ4v) is 2.47. The minimum Gasteiger partial charge on any atom is -0.468 e. The Labute approximate surface area is 112 Å². The number of rotatable bonds is 8. The van der Waals surface area contributed by atoms with Crippen LogP contribution in [0.1, 0.15) is 19.8 Å². The van der Waals surface area contributed by atoms with Crippen molar-refractivity contribution in [1.82, 2.24) is 15.1 Å². The molecule has 0 aliphatic heterocycles. The topological polar surface area (TPSA) is 56.2 Å². The van der Waals surface area contributed by atoms with Gasteiger partial charge < -0.3 is 10.1 Å². The van der Waals surface area contributed by atoms with Gasteiger partial charge in [0.05, 0.1) is 13.3 Å². The van der Waals surface area contributed by atoms with Crippen LogP contribution in [0.5, 0.6) is 0 Å². The molecule has 1 rings (SSSR count). The second kappa shape index (κ2) is 8.16. The molecule has 5 nitrogen and oxygen atoms in total. The number of nitrogens with one attached hydrogen (secondary N) is 1. The lowest BCUT2D eigenvalue weighted by Crippen LogP contribution is -2.38.